The SMILES string of the molecule is CC(NC(=O)c1ccn(C)c(=O)c1)c1ccsc1. The van der Waals surface area contributed by atoms with Crippen molar-refractivity contribution in [2.75, 3.05) is 0 Å². The van der Waals surface area contributed by atoms with Gasteiger partial charge in [-0.05, 0) is 35.4 Å². The van der Waals surface area contributed by atoms with Crippen molar-refractivity contribution in [3.63, 3.8) is 0 Å². The zero-order valence-electron chi connectivity index (χ0n) is 10.2. The molecule has 1 atom stereocenters. The second-order valence-electron chi connectivity index (χ2n) is 4.12. The minimum absolute atomic E-state index is 0.0622. The summed E-state index contributed by atoms with van der Waals surface area (Å²) in [6.07, 6.45) is 1.59. The molecule has 94 valence electrons. The van der Waals surface area contributed by atoms with E-state index >= 15 is 0 Å². The van der Waals surface area contributed by atoms with Crippen molar-refractivity contribution in [1.82, 2.24) is 9.88 Å². The molecule has 1 unspecified atom stereocenters. The van der Waals surface area contributed by atoms with Gasteiger partial charge in [0.1, 0.15) is 0 Å². The molecular formula is C13H14N2O2S. The van der Waals surface area contributed by atoms with E-state index in [1.54, 1.807) is 30.6 Å². The highest BCUT2D eigenvalue weighted by Crippen LogP contribution is 2.15. The third-order valence-electron chi connectivity index (χ3n) is 2.76. The smallest absolute Gasteiger partial charge is 0.252 e. The topological polar surface area (TPSA) is 51.1 Å². The monoisotopic (exact) mass is 262 g/mol. The summed E-state index contributed by atoms with van der Waals surface area (Å²) in [4.78, 5) is 23.4. The zero-order valence-corrected chi connectivity index (χ0v) is 11.0. The van der Waals surface area contributed by atoms with E-state index in [1.165, 1.54) is 10.6 Å². The summed E-state index contributed by atoms with van der Waals surface area (Å²) in [6.45, 7) is 1.92. The van der Waals surface area contributed by atoms with Gasteiger partial charge in [0.25, 0.3) is 11.5 Å². The maximum Gasteiger partial charge on any atom is 0.252 e. The molecule has 0 aliphatic heterocycles. The van der Waals surface area contributed by atoms with Crippen molar-refractivity contribution in [2.24, 2.45) is 7.05 Å². The maximum atomic E-state index is 12.0. The van der Waals surface area contributed by atoms with E-state index in [-0.39, 0.29) is 17.5 Å². The van der Waals surface area contributed by atoms with Gasteiger partial charge in [0, 0.05) is 24.9 Å². The lowest BCUT2D eigenvalue weighted by molar-refractivity contribution is 0.0939. The molecule has 0 saturated carbocycles. The van der Waals surface area contributed by atoms with Crippen molar-refractivity contribution in [3.05, 3.63) is 56.6 Å². The lowest BCUT2D eigenvalue weighted by Gasteiger charge is -2.12. The number of aromatic nitrogens is 1. The predicted molar refractivity (Wildman–Crippen MR) is 71.9 cm³/mol. The molecule has 0 aromatic carbocycles. The Morgan fingerprint density at radius 2 is 2.22 bits per heavy atom. The van der Waals surface area contributed by atoms with Gasteiger partial charge in [0.05, 0.1) is 6.04 Å². The number of pyridine rings is 1. The Labute approximate surface area is 109 Å². The first-order valence-electron chi connectivity index (χ1n) is 5.57. The molecule has 0 spiro atoms. The van der Waals surface area contributed by atoms with Gasteiger partial charge in [-0.15, -0.1) is 0 Å². The van der Waals surface area contributed by atoms with Gasteiger partial charge in [-0.1, -0.05) is 0 Å². The van der Waals surface area contributed by atoms with Gasteiger partial charge in [-0.3, -0.25) is 9.59 Å². The molecule has 2 aromatic heterocycles. The summed E-state index contributed by atoms with van der Waals surface area (Å²) in [7, 11) is 1.65. The summed E-state index contributed by atoms with van der Waals surface area (Å²) in [6, 6.07) is 4.89. The fourth-order valence-electron chi connectivity index (χ4n) is 1.57. The highest BCUT2D eigenvalue weighted by Gasteiger charge is 2.12. The predicted octanol–water partition coefficient (Wildman–Crippen LogP) is 1.94. The molecule has 1 N–H and O–H groups in total. The van der Waals surface area contributed by atoms with Gasteiger partial charge < -0.3 is 9.88 Å². The van der Waals surface area contributed by atoms with Crippen LogP contribution in [0.4, 0.5) is 0 Å². The number of carbonyl (C=O) groups excluding carboxylic acids is 1. The Balaban J connectivity index is 2.12. The molecule has 2 rings (SSSR count). The second-order valence-corrected chi connectivity index (χ2v) is 4.90. The quantitative estimate of drug-likeness (QED) is 0.919. The number of hydrogen-bond acceptors (Lipinski definition) is 3. The molecule has 0 aliphatic rings. The number of aryl methyl sites for hydroxylation is 1. The number of nitrogens with zero attached hydrogens (tertiary/aromatic N) is 1. The van der Waals surface area contributed by atoms with Crippen molar-refractivity contribution in [3.8, 4) is 0 Å². The highest BCUT2D eigenvalue weighted by atomic mass is 32.1. The minimum atomic E-state index is -0.230. The fraction of sp³-hybridized carbons (Fsp3) is 0.231. The van der Waals surface area contributed by atoms with E-state index in [4.69, 9.17) is 0 Å². The highest BCUT2D eigenvalue weighted by molar-refractivity contribution is 7.07. The van der Waals surface area contributed by atoms with Crippen molar-refractivity contribution in [2.45, 2.75) is 13.0 Å². The van der Waals surface area contributed by atoms with E-state index in [1.807, 2.05) is 23.8 Å². The van der Waals surface area contributed by atoms with Crippen LogP contribution in [-0.4, -0.2) is 10.5 Å². The van der Waals surface area contributed by atoms with Crippen LogP contribution in [0.2, 0.25) is 0 Å². The van der Waals surface area contributed by atoms with E-state index in [0.717, 1.165) is 5.56 Å². The Morgan fingerprint density at radius 1 is 1.44 bits per heavy atom. The van der Waals surface area contributed by atoms with E-state index in [0.29, 0.717) is 5.56 Å². The average Bonchev–Trinajstić information content (AvgIpc) is 2.86. The molecule has 0 fully saturated rings. The Kier molecular flexibility index (Phi) is 3.62. The van der Waals surface area contributed by atoms with Gasteiger partial charge >= 0.3 is 0 Å². The van der Waals surface area contributed by atoms with Gasteiger partial charge in [-0.2, -0.15) is 11.3 Å². The van der Waals surface area contributed by atoms with Crippen molar-refractivity contribution >= 4 is 17.2 Å². The van der Waals surface area contributed by atoms with E-state index < -0.39 is 0 Å². The van der Waals surface area contributed by atoms with Crippen LogP contribution in [0.15, 0.2) is 40.0 Å². The molecule has 5 heteroatoms. The third-order valence-corrected chi connectivity index (χ3v) is 3.46. The number of amides is 1. The normalized spacial score (nSPS) is 12.1. The van der Waals surface area contributed by atoms with Crippen LogP contribution in [0.25, 0.3) is 0 Å². The first kappa shape index (κ1) is 12.6. The summed E-state index contributed by atoms with van der Waals surface area (Å²) in [5, 5.41) is 6.83. The number of thiophene rings is 1. The van der Waals surface area contributed by atoms with Crippen LogP contribution >= 0.6 is 11.3 Å². The van der Waals surface area contributed by atoms with Crippen LogP contribution in [-0.2, 0) is 7.05 Å². The van der Waals surface area contributed by atoms with Gasteiger partial charge in [0.15, 0.2) is 0 Å². The summed E-state index contributed by atoms with van der Waals surface area (Å²) < 4.78 is 1.43. The molecular weight excluding hydrogens is 248 g/mol. The average molecular weight is 262 g/mol. The van der Waals surface area contributed by atoms with Gasteiger partial charge in [0.2, 0.25) is 0 Å². The molecule has 1 amide bonds. The largest absolute Gasteiger partial charge is 0.345 e. The Hall–Kier alpha value is -1.88. The summed E-state index contributed by atoms with van der Waals surface area (Å²) >= 11 is 1.59. The third kappa shape index (κ3) is 2.68. The van der Waals surface area contributed by atoms with Crippen LogP contribution in [0, 0.1) is 0 Å². The standard InChI is InChI=1S/C13H14N2O2S/c1-9(11-4-6-18-8-11)14-13(17)10-3-5-15(2)12(16)7-10/h3-9H,1-2H3,(H,14,17). The molecule has 2 aromatic rings. The number of nitrogens with one attached hydrogen (secondary N) is 1. The minimum Gasteiger partial charge on any atom is -0.345 e. The lowest BCUT2D eigenvalue weighted by Crippen LogP contribution is -2.28. The Morgan fingerprint density at radius 3 is 2.83 bits per heavy atom. The maximum absolute atomic E-state index is 12.0. The molecule has 2 heterocycles. The molecule has 0 aliphatic carbocycles. The summed E-state index contributed by atoms with van der Waals surface area (Å²) in [5.74, 6) is -0.230. The van der Waals surface area contributed by atoms with Crippen molar-refractivity contribution < 1.29 is 4.79 Å². The fourth-order valence-corrected chi connectivity index (χ4v) is 2.33. The number of carbonyl (C=O) groups is 1. The zero-order chi connectivity index (χ0) is 13.1. The molecule has 0 saturated heterocycles. The lowest BCUT2D eigenvalue weighted by atomic mass is 10.1. The molecule has 0 bridgehead atoms. The van der Waals surface area contributed by atoms with Crippen molar-refractivity contribution in [1.29, 1.82) is 0 Å². The molecule has 18 heavy (non-hydrogen) atoms. The van der Waals surface area contributed by atoms with Crippen LogP contribution in [0.1, 0.15) is 28.9 Å². The van der Waals surface area contributed by atoms with Gasteiger partial charge in [-0.25, -0.2) is 0 Å². The van der Waals surface area contributed by atoms with Crippen LogP contribution < -0.4 is 10.9 Å². The molecule has 0 radical (unpaired) electrons. The summed E-state index contributed by atoms with van der Waals surface area (Å²) in [5.41, 5.74) is 1.27. The van der Waals surface area contributed by atoms with Crippen LogP contribution in [0.3, 0.4) is 0 Å². The van der Waals surface area contributed by atoms with Crippen LogP contribution in [0.5, 0.6) is 0 Å². The van der Waals surface area contributed by atoms with E-state index in [2.05, 4.69) is 5.32 Å². The first-order valence-corrected chi connectivity index (χ1v) is 6.52. The Bertz CT molecular complexity index is 602. The number of hydrogen-bond donors (Lipinski definition) is 1. The second kappa shape index (κ2) is 5.18. The van der Waals surface area contributed by atoms with E-state index in [9.17, 15) is 9.59 Å². The first-order chi connectivity index (χ1) is 8.58. The molecule has 4 nitrogen and oxygen atoms in total. The number of rotatable bonds is 3.